The van der Waals surface area contributed by atoms with Crippen molar-refractivity contribution in [3.8, 4) is 5.75 Å². The third kappa shape index (κ3) is 4.22. The molecule has 1 amide bonds. The van der Waals surface area contributed by atoms with Gasteiger partial charge in [-0.3, -0.25) is 4.79 Å². The number of rotatable bonds is 5. The predicted octanol–water partition coefficient (Wildman–Crippen LogP) is 2.48. The molecule has 1 aromatic carbocycles. The molecule has 90 valence electrons. The molecule has 17 heavy (non-hydrogen) atoms. The molecular formula is C10H11ClN4O2. The molecule has 7 heteroatoms. The molecule has 0 unspecified atom stereocenters. The lowest BCUT2D eigenvalue weighted by Gasteiger charge is -2.06. The summed E-state index contributed by atoms with van der Waals surface area (Å²) in [5.41, 5.74) is 8.26. The van der Waals surface area contributed by atoms with Crippen molar-refractivity contribution in [2.45, 2.75) is 6.42 Å². The molecule has 2 N–H and O–H groups in total. The average molecular weight is 255 g/mol. The van der Waals surface area contributed by atoms with Gasteiger partial charge in [0.25, 0.3) is 5.91 Å². The van der Waals surface area contributed by atoms with E-state index in [4.69, 9.17) is 17.1 Å². The summed E-state index contributed by atoms with van der Waals surface area (Å²) in [6, 6.07) is 4.15. The van der Waals surface area contributed by atoms with Crippen LogP contribution in [-0.2, 0) is 0 Å². The molecular weight excluding hydrogens is 244 g/mol. The predicted molar refractivity (Wildman–Crippen MR) is 64.1 cm³/mol. The van der Waals surface area contributed by atoms with Gasteiger partial charge in [-0.05, 0) is 30.2 Å². The normalized spacial score (nSPS) is 9.47. The third-order valence-corrected chi connectivity index (χ3v) is 2.31. The minimum atomic E-state index is -0.369. The lowest BCUT2D eigenvalue weighted by atomic mass is 10.2. The summed E-state index contributed by atoms with van der Waals surface area (Å²) in [6.45, 7) is 0.703. The van der Waals surface area contributed by atoms with Crippen LogP contribution in [0.5, 0.6) is 5.75 Å². The van der Waals surface area contributed by atoms with Crippen molar-refractivity contribution in [1.29, 1.82) is 0 Å². The molecule has 1 rings (SSSR count). The fourth-order valence-electron chi connectivity index (χ4n) is 1.18. The first-order valence-corrected chi connectivity index (χ1v) is 5.30. The van der Waals surface area contributed by atoms with Gasteiger partial charge in [0.2, 0.25) is 0 Å². The first-order valence-electron chi connectivity index (χ1n) is 4.92. The molecule has 0 radical (unpaired) electrons. The van der Waals surface area contributed by atoms with Crippen LogP contribution >= 0.6 is 11.6 Å². The summed E-state index contributed by atoms with van der Waals surface area (Å²) in [7, 11) is 0. The lowest BCUT2D eigenvalue weighted by Crippen LogP contribution is -2.25. The van der Waals surface area contributed by atoms with Crippen molar-refractivity contribution in [1.82, 2.24) is 5.32 Å². The number of phenolic OH excluding ortho intramolecular Hbond substituents is 1. The zero-order valence-electron chi connectivity index (χ0n) is 8.93. The van der Waals surface area contributed by atoms with E-state index < -0.39 is 0 Å². The van der Waals surface area contributed by atoms with Gasteiger partial charge in [-0.2, -0.15) is 0 Å². The molecule has 6 nitrogen and oxygen atoms in total. The van der Waals surface area contributed by atoms with E-state index in [1.165, 1.54) is 18.2 Å². The largest absolute Gasteiger partial charge is 0.508 e. The Bertz CT molecular complexity index is 458. The van der Waals surface area contributed by atoms with E-state index in [0.29, 0.717) is 19.5 Å². The van der Waals surface area contributed by atoms with Crippen molar-refractivity contribution < 1.29 is 9.90 Å². The van der Waals surface area contributed by atoms with Gasteiger partial charge < -0.3 is 10.4 Å². The van der Waals surface area contributed by atoms with Crippen LogP contribution in [0.15, 0.2) is 23.3 Å². The number of carbonyl (C=O) groups is 1. The number of hydrogen-bond donors (Lipinski definition) is 2. The fraction of sp³-hybridized carbons (Fsp3) is 0.300. The number of azide groups is 1. The Kier molecular flexibility index (Phi) is 5.13. The molecule has 0 saturated carbocycles. The van der Waals surface area contributed by atoms with E-state index in [2.05, 4.69) is 15.3 Å². The van der Waals surface area contributed by atoms with E-state index >= 15 is 0 Å². The number of nitrogens with zero attached hydrogens (tertiary/aromatic N) is 3. The van der Waals surface area contributed by atoms with E-state index in [1.807, 2.05) is 0 Å². The minimum absolute atomic E-state index is 0.0198. The standard InChI is InChI=1S/C10H11ClN4O2/c11-9-3-2-7(16)6-8(9)10(17)13-4-1-5-14-15-12/h2-3,6,16H,1,4-5H2,(H,13,17). The third-order valence-electron chi connectivity index (χ3n) is 1.98. The zero-order chi connectivity index (χ0) is 12.7. The van der Waals surface area contributed by atoms with Gasteiger partial charge in [0.05, 0.1) is 10.6 Å². The number of aromatic hydroxyl groups is 1. The Morgan fingerprint density at radius 2 is 2.35 bits per heavy atom. The average Bonchev–Trinajstić information content (AvgIpc) is 2.32. The quantitative estimate of drug-likeness (QED) is 0.365. The Labute approximate surface area is 103 Å². The molecule has 1 aromatic rings. The highest BCUT2D eigenvalue weighted by Gasteiger charge is 2.10. The summed E-state index contributed by atoms with van der Waals surface area (Å²) in [5.74, 6) is -0.388. The van der Waals surface area contributed by atoms with Gasteiger partial charge in [-0.15, -0.1) is 0 Å². The van der Waals surface area contributed by atoms with Crippen LogP contribution in [0.1, 0.15) is 16.8 Å². The summed E-state index contributed by atoms with van der Waals surface area (Å²) < 4.78 is 0. The van der Waals surface area contributed by atoms with Crippen molar-refractivity contribution >= 4 is 17.5 Å². The SMILES string of the molecule is [N-]=[N+]=NCCCNC(=O)c1cc(O)ccc1Cl. The number of phenols is 1. The second-order valence-electron chi connectivity index (χ2n) is 3.23. The van der Waals surface area contributed by atoms with Crippen molar-refractivity contribution in [3.63, 3.8) is 0 Å². The molecule has 0 fully saturated rings. The first kappa shape index (κ1) is 13.2. The zero-order valence-corrected chi connectivity index (χ0v) is 9.68. The van der Waals surface area contributed by atoms with Gasteiger partial charge in [-0.25, -0.2) is 0 Å². The number of hydrogen-bond acceptors (Lipinski definition) is 3. The van der Waals surface area contributed by atoms with Crippen molar-refractivity contribution in [2.75, 3.05) is 13.1 Å². The summed E-state index contributed by atoms with van der Waals surface area (Å²) in [5, 5.41) is 15.5. The highest BCUT2D eigenvalue weighted by Crippen LogP contribution is 2.20. The van der Waals surface area contributed by atoms with Gasteiger partial charge in [0.15, 0.2) is 0 Å². The number of halogens is 1. The second-order valence-corrected chi connectivity index (χ2v) is 3.64. The van der Waals surface area contributed by atoms with E-state index in [-0.39, 0.29) is 22.2 Å². The molecule has 0 aromatic heterocycles. The smallest absolute Gasteiger partial charge is 0.252 e. The van der Waals surface area contributed by atoms with Crippen LogP contribution in [0.25, 0.3) is 10.4 Å². The summed E-state index contributed by atoms with van der Waals surface area (Å²) in [4.78, 5) is 14.2. The topological polar surface area (TPSA) is 98.1 Å². The van der Waals surface area contributed by atoms with Gasteiger partial charge in [0.1, 0.15) is 5.75 Å². The number of carbonyl (C=O) groups excluding carboxylic acids is 1. The molecule has 0 heterocycles. The van der Waals surface area contributed by atoms with Gasteiger partial charge in [0, 0.05) is 18.0 Å². The molecule has 0 aliphatic rings. The molecule has 0 saturated heterocycles. The van der Waals surface area contributed by atoms with Crippen molar-refractivity contribution in [3.05, 3.63) is 39.2 Å². The van der Waals surface area contributed by atoms with Crippen LogP contribution in [0.2, 0.25) is 5.02 Å². The summed E-state index contributed by atoms with van der Waals surface area (Å²) >= 11 is 5.82. The fourth-order valence-corrected chi connectivity index (χ4v) is 1.38. The summed E-state index contributed by atoms with van der Waals surface area (Å²) in [6.07, 6.45) is 0.548. The first-order chi connectivity index (χ1) is 8.15. The lowest BCUT2D eigenvalue weighted by molar-refractivity contribution is 0.0953. The molecule has 0 atom stereocenters. The Morgan fingerprint density at radius 1 is 1.59 bits per heavy atom. The Hall–Kier alpha value is -1.91. The maximum Gasteiger partial charge on any atom is 0.252 e. The second kappa shape index (κ2) is 6.62. The number of benzene rings is 1. The van der Waals surface area contributed by atoms with Gasteiger partial charge in [-0.1, -0.05) is 16.7 Å². The monoisotopic (exact) mass is 254 g/mol. The van der Waals surface area contributed by atoms with Crippen molar-refractivity contribution in [2.24, 2.45) is 5.11 Å². The van der Waals surface area contributed by atoms with E-state index in [9.17, 15) is 9.90 Å². The molecule has 0 bridgehead atoms. The maximum absolute atomic E-state index is 11.6. The number of nitrogens with one attached hydrogen (secondary N) is 1. The Balaban J connectivity index is 2.52. The Morgan fingerprint density at radius 3 is 3.06 bits per heavy atom. The van der Waals surface area contributed by atoms with E-state index in [0.717, 1.165) is 0 Å². The van der Waals surface area contributed by atoms with Crippen LogP contribution in [0.3, 0.4) is 0 Å². The van der Waals surface area contributed by atoms with Crippen LogP contribution in [0, 0.1) is 0 Å². The maximum atomic E-state index is 11.6. The highest BCUT2D eigenvalue weighted by atomic mass is 35.5. The van der Waals surface area contributed by atoms with Crippen LogP contribution < -0.4 is 5.32 Å². The van der Waals surface area contributed by atoms with Crippen LogP contribution in [0.4, 0.5) is 0 Å². The van der Waals surface area contributed by atoms with E-state index in [1.54, 1.807) is 0 Å². The number of amides is 1. The highest BCUT2D eigenvalue weighted by molar-refractivity contribution is 6.33. The molecule has 0 spiro atoms. The van der Waals surface area contributed by atoms with Crippen LogP contribution in [-0.4, -0.2) is 24.1 Å². The minimum Gasteiger partial charge on any atom is -0.508 e. The van der Waals surface area contributed by atoms with Gasteiger partial charge >= 0.3 is 0 Å². The molecule has 0 aliphatic heterocycles. The molecule has 0 aliphatic carbocycles.